The van der Waals surface area contributed by atoms with Crippen LogP contribution in [-0.2, 0) is 12.8 Å². The van der Waals surface area contributed by atoms with Crippen molar-refractivity contribution in [2.24, 2.45) is 0 Å². The number of hydrogen-bond acceptors (Lipinski definition) is 4. The predicted octanol–water partition coefficient (Wildman–Crippen LogP) is 3.35. The fourth-order valence-corrected chi connectivity index (χ4v) is 3.13. The normalized spacial score (nSPS) is 12.9. The summed E-state index contributed by atoms with van der Waals surface area (Å²) in [4.78, 5) is 6.73. The summed E-state index contributed by atoms with van der Waals surface area (Å²) >= 11 is 3.33. The third kappa shape index (κ3) is 2.70. The molecular weight excluding hydrogens is 238 g/mol. The van der Waals surface area contributed by atoms with Gasteiger partial charge in [0, 0.05) is 21.6 Å². The second-order valence-electron chi connectivity index (χ2n) is 3.74. The molecule has 0 aromatic carbocycles. The first-order valence-electron chi connectivity index (χ1n) is 5.36. The van der Waals surface area contributed by atoms with E-state index in [4.69, 9.17) is 0 Å². The van der Waals surface area contributed by atoms with Gasteiger partial charge in [0.25, 0.3) is 0 Å². The second kappa shape index (κ2) is 5.08. The van der Waals surface area contributed by atoms with Crippen LogP contribution < -0.4 is 0 Å². The second-order valence-corrected chi connectivity index (χ2v) is 6.00. The van der Waals surface area contributed by atoms with Gasteiger partial charge in [0.1, 0.15) is 0 Å². The summed E-state index contributed by atoms with van der Waals surface area (Å²) < 4.78 is 0. The molecule has 0 fully saturated rings. The molecule has 0 bridgehead atoms. The van der Waals surface area contributed by atoms with Crippen LogP contribution in [0.1, 0.15) is 33.5 Å². The van der Waals surface area contributed by atoms with E-state index in [-0.39, 0.29) is 0 Å². The van der Waals surface area contributed by atoms with Crippen molar-refractivity contribution in [2.75, 3.05) is 0 Å². The number of aromatic nitrogens is 1. The maximum atomic E-state index is 10.1. The summed E-state index contributed by atoms with van der Waals surface area (Å²) in [6.45, 7) is 4.12. The van der Waals surface area contributed by atoms with Crippen LogP contribution in [0, 0.1) is 6.92 Å². The Morgan fingerprint density at radius 3 is 2.81 bits per heavy atom. The lowest BCUT2D eigenvalue weighted by Gasteiger charge is -2.05. The molecule has 1 unspecified atom stereocenters. The van der Waals surface area contributed by atoms with Crippen LogP contribution in [-0.4, -0.2) is 10.1 Å². The van der Waals surface area contributed by atoms with Gasteiger partial charge in [-0.05, 0) is 25.5 Å². The van der Waals surface area contributed by atoms with Gasteiger partial charge in [0.15, 0.2) is 0 Å². The smallest absolute Gasteiger partial charge is 0.0937 e. The maximum absolute atomic E-state index is 10.1. The third-order valence-electron chi connectivity index (χ3n) is 2.43. The fourth-order valence-electron chi connectivity index (χ4n) is 1.56. The molecule has 0 aliphatic rings. The Balaban J connectivity index is 2.05. The van der Waals surface area contributed by atoms with E-state index < -0.39 is 6.10 Å². The standard InChI is InChI=1S/C12H15NOS2/c1-3-10-4-5-12(16-10)11(14)6-9-7-15-8(2)13-9/h4-5,7,11,14H,3,6H2,1-2H3. The molecule has 2 aromatic heterocycles. The summed E-state index contributed by atoms with van der Waals surface area (Å²) in [6.07, 6.45) is 1.24. The highest BCUT2D eigenvalue weighted by atomic mass is 32.1. The molecular formula is C12H15NOS2. The van der Waals surface area contributed by atoms with Crippen molar-refractivity contribution >= 4 is 22.7 Å². The summed E-state index contributed by atoms with van der Waals surface area (Å²) in [5.41, 5.74) is 0.987. The minimum Gasteiger partial charge on any atom is -0.387 e. The van der Waals surface area contributed by atoms with Crippen molar-refractivity contribution in [3.63, 3.8) is 0 Å². The van der Waals surface area contributed by atoms with E-state index in [1.165, 1.54) is 4.88 Å². The average molecular weight is 253 g/mol. The van der Waals surface area contributed by atoms with Crippen LogP contribution in [0.4, 0.5) is 0 Å². The number of hydrogen-bond donors (Lipinski definition) is 1. The number of rotatable bonds is 4. The lowest BCUT2D eigenvalue weighted by Crippen LogP contribution is -1.99. The number of nitrogens with zero attached hydrogens (tertiary/aromatic N) is 1. The summed E-state index contributed by atoms with van der Waals surface area (Å²) in [7, 11) is 0. The lowest BCUT2D eigenvalue weighted by molar-refractivity contribution is 0.181. The highest BCUT2D eigenvalue weighted by Crippen LogP contribution is 2.26. The highest BCUT2D eigenvalue weighted by molar-refractivity contribution is 7.12. The molecule has 0 aliphatic carbocycles. The van der Waals surface area contributed by atoms with Gasteiger partial charge in [-0.3, -0.25) is 0 Å². The number of thiophene rings is 1. The van der Waals surface area contributed by atoms with E-state index in [1.54, 1.807) is 22.7 Å². The van der Waals surface area contributed by atoms with Crippen LogP contribution in [0.3, 0.4) is 0 Å². The molecule has 0 aliphatic heterocycles. The first kappa shape index (κ1) is 11.8. The first-order valence-corrected chi connectivity index (χ1v) is 7.06. The molecule has 2 rings (SSSR count). The number of aliphatic hydroxyl groups is 1. The maximum Gasteiger partial charge on any atom is 0.0937 e. The molecule has 1 atom stereocenters. The molecule has 2 aromatic rings. The van der Waals surface area contributed by atoms with Crippen molar-refractivity contribution in [1.29, 1.82) is 0 Å². The van der Waals surface area contributed by atoms with Gasteiger partial charge in [-0.2, -0.15) is 0 Å². The van der Waals surface area contributed by atoms with E-state index in [0.29, 0.717) is 6.42 Å². The van der Waals surface area contributed by atoms with Crippen LogP contribution >= 0.6 is 22.7 Å². The van der Waals surface area contributed by atoms with E-state index in [0.717, 1.165) is 22.0 Å². The Kier molecular flexibility index (Phi) is 3.74. The first-order chi connectivity index (χ1) is 7.69. The van der Waals surface area contributed by atoms with E-state index >= 15 is 0 Å². The SMILES string of the molecule is CCc1ccc(C(O)Cc2csc(C)n2)s1. The zero-order valence-corrected chi connectivity index (χ0v) is 11.1. The van der Waals surface area contributed by atoms with Crippen molar-refractivity contribution in [2.45, 2.75) is 32.8 Å². The Hall–Kier alpha value is -0.710. The zero-order chi connectivity index (χ0) is 11.5. The Labute approximate surface area is 104 Å². The van der Waals surface area contributed by atoms with Crippen LogP contribution in [0.25, 0.3) is 0 Å². The molecule has 0 saturated carbocycles. The van der Waals surface area contributed by atoms with Gasteiger partial charge in [-0.25, -0.2) is 4.98 Å². The minimum atomic E-state index is -0.410. The molecule has 16 heavy (non-hydrogen) atoms. The highest BCUT2D eigenvalue weighted by Gasteiger charge is 2.12. The molecule has 2 heterocycles. The van der Waals surface area contributed by atoms with E-state index in [9.17, 15) is 5.11 Å². The van der Waals surface area contributed by atoms with E-state index in [2.05, 4.69) is 18.0 Å². The lowest BCUT2D eigenvalue weighted by atomic mass is 10.2. The quantitative estimate of drug-likeness (QED) is 0.906. The zero-order valence-electron chi connectivity index (χ0n) is 9.43. The van der Waals surface area contributed by atoms with Crippen LogP contribution in [0.5, 0.6) is 0 Å². The molecule has 4 heteroatoms. The third-order valence-corrected chi connectivity index (χ3v) is 4.58. The van der Waals surface area contributed by atoms with Crippen molar-refractivity contribution in [3.8, 4) is 0 Å². The summed E-state index contributed by atoms with van der Waals surface area (Å²) in [5, 5.41) is 13.1. The van der Waals surface area contributed by atoms with Crippen LogP contribution in [0.2, 0.25) is 0 Å². The van der Waals surface area contributed by atoms with Crippen molar-refractivity contribution in [1.82, 2.24) is 4.98 Å². The molecule has 1 N–H and O–H groups in total. The molecule has 0 radical (unpaired) electrons. The van der Waals surface area contributed by atoms with Gasteiger partial charge < -0.3 is 5.11 Å². The van der Waals surface area contributed by atoms with Crippen molar-refractivity contribution < 1.29 is 5.11 Å². The fraction of sp³-hybridized carbons (Fsp3) is 0.417. The molecule has 0 spiro atoms. The number of thiazole rings is 1. The molecule has 86 valence electrons. The van der Waals surface area contributed by atoms with Gasteiger partial charge in [0.2, 0.25) is 0 Å². The van der Waals surface area contributed by atoms with Crippen molar-refractivity contribution in [3.05, 3.63) is 38.0 Å². The Morgan fingerprint density at radius 2 is 2.25 bits per heavy atom. The molecule has 0 amide bonds. The van der Waals surface area contributed by atoms with Gasteiger partial charge in [-0.15, -0.1) is 22.7 Å². The topological polar surface area (TPSA) is 33.1 Å². The number of aliphatic hydroxyl groups excluding tert-OH is 1. The predicted molar refractivity (Wildman–Crippen MR) is 69.2 cm³/mol. The molecule has 0 saturated heterocycles. The van der Waals surface area contributed by atoms with Gasteiger partial charge in [0.05, 0.1) is 16.8 Å². The Bertz CT molecular complexity index is 461. The summed E-state index contributed by atoms with van der Waals surface area (Å²) in [6, 6.07) is 4.11. The summed E-state index contributed by atoms with van der Waals surface area (Å²) in [5.74, 6) is 0. The largest absolute Gasteiger partial charge is 0.387 e. The monoisotopic (exact) mass is 253 g/mol. The average Bonchev–Trinajstić information content (AvgIpc) is 2.87. The molecule has 2 nitrogen and oxygen atoms in total. The number of aryl methyl sites for hydroxylation is 2. The van der Waals surface area contributed by atoms with E-state index in [1.807, 2.05) is 18.4 Å². The van der Waals surface area contributed by atoms with Crippen LogP contribution in [0.15, 0.2) is 17.5 Å². The van der Waals surface area contributed by atoms with Gasteiger partial charge >= 0.3 is 0 Å². The Morgan fingerprint density at radius 1 is 1.44 bits per heavy atom. The minimum absolute atomic E-state index is 0.410. The van der Waals surface area contributed by atoms with Gasteiger partial charge in [-0.1, -0.05) is 6.92 Å².